The van der Waals surface area contributed by atoms with Crippen LogP contribution in [-0.2, 0) is 6.42 Å². The van der Waals surface area contributed by atoms with Crippen LogP contribution in [0.15, 0.2) is 35.3 Å². The summed E-state index contributed by atoms with van der Waals surface area (Å²) < 4.78 is 10.9. The number of benzene rings is 1. The Bertz CT molecular complexity index is 813. The minimum atomic E-state index is -0.471. The highest BCUT2D eigenvalue weighted by Gasteiger charge is 2.27. The number of aryl methyl sites for hydroxylation is 1. The first-order chi connectivity index (χ1) is 11.7. The number of aromatic amines is 1. The maximum absolute atomic E-state index is 12.6. The number of hydrogen-bond acceptors (Lipinski definition) is 4. The van der Waals surface area contributed by atoms with Crippen molar-refractivity contribution in [1.82, 2.24) is 10.3 Å². The number of hydrogen-bond donors (Lipinski definition) is 2. The first kappa shape index (κ1) is 16.1. The van der Waals surface area contributed by atoms with Crippen LogP contribution in [-0.4, -0.2) is 24.6 Å². The Labute approximate surface area is 139 Å². The van der Waals surface area contributed by atoms with E-state index in [2.05, 4.69) is 17.2 Å². The highest BCUT2D eigenvalue weighted by Crippen LogP contribution is 2.35. The molecule has 1 amide bonds. The molecule has 0 radical (unpaired) electrons. The number of H-pyrrole nitrogens is 1. The third kappa shape index (κ3) is 2.87. The summed E-state index contributed by atoms with van der Waals surface area (Å²) in [5, 5.41) is 2.94. The summed E-state index contributed by atoms with van der Waals surface area (Å²) in [5.41, 5.74) is 1.57. The van der Waals surface area contributed by atoms with Gasteiger partial charge >= 0.3 is 0 Å². The van der Waals surface area contributed by atoms with Gasteiger partial charge in [0.2, 0.25) is 0 Å². The van der Waals surface area contributed by atoms with Gasteiger partial charge in [-0.15, -0.1) is 0 Å². The molecule has 1 aliphatic heterocycles. The van der Waals surface area contributed by atoms with Crippen molar-refractivity contribution in [3.05, 3.63) is 57.5 Å². The van der Waals surface area contributed by atoms with E-state index in [9.17, 15) is 9.59 Å². The number of methoxy groups -OCH3 is 1. The van der Waals surface area contributed by atoms with Crippen molar-refractivity contribution in [2.45, 2.75) is 25.8 Å². The third-order valence-electron chi connectivity index (χ3n) is 4.21. The number of ether oxygens (including phenoxy) is 2. The first-order valence-corrected chi connectivity index (χ1v) is 7.96. The van der Waals surface area contributed by atoms with Crippen LogP contribution in [0.2, 0.25) is 0 Å². The lowest BCUT2D eigenvalue weighted by Crippen LogP contribution is -2.35. The number of carbonyl (C=O) groups is 1. The second-order valence-electron chi connectivity index (χ2n) is 5.60. The zero-order valence-corrected chi connectivity index (χ0v) is 13.7. The average molecular weight is 328 g/mol. The Morgan fingerprint density at radius 2 is 2.25 bits per heavy atom. The third-order valence-corrected chi connectivity index (χ3v) is 4.21. The van der Waals surface area contributed by atoms with Crippen molar-refractivity contribution in [3.63, 3.8) is 0 Å². The molecule has 3 rings (SSSR count). The number of carbonyl (C=O) groups excluding carboxylic acids is 1. The highest BCUT2D eigenvalue weighted by molar-refractivity contribution is 5.96. The van der Waals surface area contributed by atoms with Gasteiger partial charge in [-0.1, -0.05) is 25.1 Å². The minimum Gasteiger partial charge on any atom is -0.496 e. The molecule has 0 saturated heterocycles. The number of amides is 1. The van der Waals surface area contributed by atoms with Gasteiger partial charge in [0.15, 0.2) is 0 Å². The van der Waals surface area contributed by atoms with E-state index in [4.69, 9.17) is 9.47 Å². The van der Waals surface area contributed by atoms with E-state index in [-0.39, 0.29) is 17.4 Å². The van der Waals surface area contributed by atoms with Crippen LogP contribution in [0.3, 0.4) is 0 Å². The smallest absolute Gasteiger partial charge is 0.264 e. The quantitative estimate of drug-likeness (QED) is 0.902. The Hall–Kier alpha value is -2.76. The molecule has 1 aromatic carbocycles. The monoisotopic (exact) mass is 328 g/mol. The van der Waals surface area contributed by atoms with E-state index >= 15 is 0 Å². The van der Waals surface area contributed by atoms with Crippen molar-refractivity contribution in [2.75, 3.05) is 13.7 Å². The van der Waals surface area contributed by atoms with Crippen LogP contribution < -0.4 is 20.3 Å². The fourth-order valence-corrected chi connectivity index (χ4v) is 2.99. The van der Waals surface area contributed by atoms with E-state index in [0.29, 0.717) is 13.0 Å². The average Bonchev–Trinajstić information content (AvgIpc) is 2.61. The van der Waals surface area contributed by atoms with E-state index in [0.717, 1.165) is 23.3 Å². The molecular weight excluding hydrogens is 308 g/mol. The molecule has 0 bridgehead atoms. The Kier molecular flexibility index (Phi) is 4.55. The van der Waals surface area contributed by atoms with Crippen LogP contribution in [0.5, 0.6) is 11.5 Å². The van der Waals surface area contributed by atoms with Gasteiger partial charge in [0.05, 0.1) is 19.8 Å². The van der Waals surface area contributed by atoms with Gasteiger partial charge in [0.25, 0.3) is 11.5 Å². The maximum atomic E-state index is 12.6. The zero-order valence-electron chi connectivity index (χ0n) is 13.7. The van der Waals surface area contributed by atoms with Crippen molar-refractivity contribution in [3.8, 4) is 11.5 Å². The second kappa shape index (κ2) is 6.78. The predicted octanol–water partition coefficient (Wildman–Crippen LogP) is 2.20. The zero-order chi connectivity index (χ0) is 17.1. The fraction of sp³-hybridized carbons (Fsp3) is 0.333. The lowest BCUT2D eigenvalue weighted by Gasteiger charge is -2.28. The van der Waals surface area contributed by atoms with E-state index in [1.807, 2.05) is 18.2 Å². The van der Waals surface area contributed by atoms with Crippen LogP contribution in [0.4, 0.5) is 0 Å². The largest absolute Gasteiger partial charge is 0.496 e. The van der Waals surface area contributed by atoms with E-state index in [1.165, 1.54) is 13.3 Å². The molecule has 2 aromatic rings. The van der Waals surface area contributed by atoms with Gasteiger partial charge in [0, 0.05) is 18.2 Å². The first-order valence-electron chi connectivity index (χ1n) is 7.96. The Morgan fingerprint density at radius 3 is 3.00 bits per heavy atom. The maximum Gasteiger partial charge on any atom is 0.264 e. The van der Waals surface area contributed by atoms with Gasteiger partial charge in [-0.05, 0) is 18.1 Å². The number of rotatable bonds is 4. The normalized spacial score (nSPS) is 16.0. The predicted molar refractivity (Wildman–Crippen MR) is 89.8 cm³/mol. The molecule has 2 N–H and O–H groups in total. The summed E-state index contributed by atoms with van der Waals surface area (Å²) in [4.78, 5) is 27.1. The summed E-state index contributed by atoms with van der Waals surface area (Å²) in [6.07, 6.45) is 2.96. The van der Waals surface area contributed by atoms with Crippen LogP contribution in [0.25, 0.3) is 0 Å². The highest BCUT2D eigenvalue weighted by atomic mass is 16.5. The van der Waals surface area contributed by atoms with Gasteiger partial charge in [0.1, 0.15) is 17.1 Å². The number of fused-ring (bicyclic) bond motifs is 1. The molecule has 0 fully saturated rings. The summed E-state index contributed by atoms with van der Waals surface area (Å²) in [6.45, 7) is 2.59. The van der Waals surface area contributed by atoms with E-state index in [1.54, 1.807) is 6.07 Å². The van der Waals surface area contributed by atoms with Crippen molar-refractivity contribution >= 4 is 5.91 Å². The lowest BCUT2D eigenvalue weighted by molar-refractivity contribution is 0.0920. The summed E-state index contributed by atoms with van der Waals surface area (Å²) >= 11 is 0. The van der Waals surface area contributed by atoms with Gasteiger partial charge in [-0.3, -0.25) is 9.59 Å². The molecule has 0 saturated carbocycles. The van der Waals surface area contributed by atoms with Crippen LogP contribution in [0.1, 0.15) is 40.9 Å². The topological polar surface area (TPSA) is 80.4 Å². The minimum absolute atomic E-state index is 0.0142. The Morgan fingerprint density at radius 1 is 1.42 bits per heavy atom. The summed E-state index contributed by atoms with van der Waals surface area (Å²) in [6, 6.07) is 7.29. The molecule has 24 heavy (non-hydrogen) atoms. The molecule has 1 aromatic heterocycles. The van der Waals surface area contributed by atoms with Crippen LogP contribution >= 0.6 is 0 Å². The SMILES string of the molecule is CCc1cccc2c1OCC[C@H]2NC(=O)c1c(OC)cc[nH]c1=O. The molecule has 6 nitrogen and oxygen atoms in total. The van der Waals surface area contributed by atoms with Crippen molar-refractivity contribution < 1.29 is 14.3 Å². The second-order valence-corrected chi connectivity index (χ2v) is 5.60. The van der Waals surface area contributed by atoms with Gasteiger partial charge in [-0.2, -0.15) is 0 Å². The standard InChI is InChI=1S/C18H20N2O4/c1-3-11-5-4-6-12-13(8-10-24-16(11)12)20-18(22)15-14(23-2)7-9-19-17(15)21/h4-7,9,13H,3,8,10H2,1-2H3,(H,19,21)(H,20,22)/t13-/m1/s1. The molecule has 6 heteroatoms. The van der Waals surface area contributed by atoms with Crippen molar-refractivity contribution in [2.24, 2.45) is 0 Å². The summed E-state index contributed by atoms with van der Waals surface area (Å²) in [5.74, 6) is 0.643. The Balaban J connectivity index is 1.92. The molecule has 1 aliphatic rings. The van der Waals surface area contributed by atoms with Crippen LogP contribution in [0, 0.1) is 0 Å². The number of nitrogens with one attached hydrogen (secondary N) is 2. The molecule has 0 unspecified atom stereocenters. The fourth-order valence-electron chi connectivity index (χ4n) is 2.99. The van der Waals surface area contributed by atoms with Crippen molar-refractivity contribution in [1.29, 1.82) is 0 Å². The molecule has 0 aliphatic carbocycles. The number of pyridine rings is 1. The van der Waals surface area contributed by atoms with Gasteiger partial charge in [-0.25, -0.2) is 0 Å². The number of aromatic nitrogens is 1. The molecular formula is C18H20N2O4. The molecule has 0 spiro atoms. The van der Waals surface area contributed by atoms with E-state index < -0.39 is 11.5 Å². The summed E-state index contributed by atoms with van der Waals surface area (Å²) in [7, 11) is 1.43. The number of para-hydroxylation sites is 1. The molecule has 126 valence electrons. The molecule has 1 atom stereocenters. The lowest BCUT2D eigenvalue weighted by atomic mass is 9.96. The molecule has 2 heterocycles. The van der Waals surface area contributed by atoms with Gasteiger partial charge < -0.3 is 19.8 Å².